The number of rotatable bonds is 3. The Hall–Kier alpha value is -0.640. The van der Waals surface area contributed by atoms with Gasteiger partial charge in [-0.15, -0.1) is 0 Å². The smallest absolute Gasteiger partial charge is 0.126 e. The average Bonchev–Trinajstić information content (AvgIpc) is 2.97. The number of nitrogens with two attached hydrogens (primary N) is 1. The van der Waals surface area contributed by atoms with E-state index in [1.165, 1.54) is 12.1 Å². The normalized spacial score (nSPS) is 29.2. The van der Waals surface area contributed by atoms with Crippen LogP contribution in [-0.4, -0.2) is 18.3 Å². The largest absolute Gasteiger partial charge is 0.396 e. The summed E-state index contributed by atoms with van der Waals surface area (Å²) in [4.78, 5) is 0. The molecule has 1 aliphatic carbocycles. The van der Waals surface area contributed by atoms with Gasteiger partial charge in [0.1, 0.15) is 5.82 Å². The lowest BCUT2D eigenvalue weighted by Gasteiger charge is -2.11. The molecule has 2 unspecified atom stereocenters. The molecule has 0 amide bonds. The second-order valence-corrected chi connectivity index (χ2v) is 4.58. The van der Waals surface area contributed by atoms with Gasteiger partial charge in [0.25, 0.3) is 0 Å². The summed E-state index contributed by atoms with van der Waals surface area (Å²) in [6.45, 7) is 0.375. The fourth-order valence-corrected chi connectivity index (χ4v) is 2.21. The third kappa shape index (κ3) is 1.75. The summed E-state index contributed by atoms with van der Waals surface area (Å²) in [6.07, 6.45) is 0.733. The van der Waals surface area contributed by atoms with Crippen LogP contribution in [0.2, 0.25) is 5.02 Å². The van der Waals surface area contributed by atoms with Crippen LogP contribution in [0.1, 0.15) is 17.9 Å². The van der Waals surface area contributed by atoms with E-state index < -0.39 is 0 Å². The first-order valence-electron chi connectivity index (χ1n) is 4.89. The maximum absolute atomic E-state index is 13.5. The molecule has 0 aliphatic heterocycles. The van der Waals surface area contributed by atoms with Crippen LogP contribution >= 0.6 is 11.6 Å². The van der Waals surface area contributed by atoms with Gasteiger partial charge in [-0.2, -0.15) is 0 Å². The fraction of sp³-hybridized carbons (Fsp3) is 0.455. The Morgan fingerprint density at radius 2 is 2.33 bits per heavy atom. The second-order valence-electron chi connectivity index (χ2n) is 4.15. The van der Waals surface area contributed by atoms with Crippen molar-refractivity contribution in [1.29, 1.82) is 0 Å². The van der Waals surface area contributed by atoms with Gasteiger partial charge in [-0.1, -0.05) is 11.6 Å². The Morgan fingerprint density at radius 3 is 2.87 bits per heavy atom. The second kappa shape index (κ2) is 3.74. The molecule has 82 valence electrons. The highest BCUT2D eigenvalue weighted by atomic mass is 35.5. The Bertz CT molecular complexity index is 379. The molecule has 2 rings (SSSR count). The van der Waals surface area contributed by atoms with Crippen LogP contribution in [0.3, 0.4) is 0 Å². The van der Waals surface area contributed by atoms with Crippen LogP contribution < -0.4 is 5.73 Å². The summed E-state index contributed by atoms with van der Waals surface area (Å²) in [7, 11) is 0. The molecule has 0 radical (unpaired) electrons. The third-order valence-electron chi connectivity index (χ3n) is 3.24. The molecule has 1 aromatic carbocycles. The van der Waals surface area contributed by atoms with E-state index in [0.717, 1.165) is 6.42 Å². The molecule has 1 saturated carbocycles. The number of hydrogen-bond acceptors (Lipinski definition) is 2. The Labute approximate surface area is 92.9 Å². The molecule has 1 fully saturated rings. The summed E-state index contributed by atoms with van der Waals surface area (Å²) in [6, 6.07) is 4.50. The Balaban J connectivity index is 2.29. The van der Waals surface area contributed by atoms with Gasteiger partial charge >= 0.3 is 0 Å². The van der Waals surface area contributed by atoms with Crippen molar-refractivity contribution < 1.29 is 9.50 Å². The Kier molecular flexibility index (Phi) is 2.71. The van der Waals surface area contributed by atoms with Gasteiger partial charge in [0.2, 0.25) is 0 Å². The minimum absolute atomic E-state index is 0.000119. The standard InChI is InChI=1S/C11H13ClFNO/c12-7-1-2-10(13)8(3-7)9-4-11(9,5-14)6-15/h1-3,9,15H,4-6,14H2. The number of aliphatic hydroxyl groups excluding tert-OH is 1. The van der Waals surface area contributed by atoms with E-state index in [2.05, 4.69) is 0 Å². The SMILES string of the molecule is NCC1(CO)CC1c1cc(Cl)ccc1F. The lowest BCUT2D eigenvalue weighted by atomic mass is 10.00. The zero-order valence-corrected chi connectivity index (χ0v) is 8.97. The molecule has 4 heteroatoms. The molecule has 2 nitrogen and oxygen atoms in total. The molecule has 0 aromatic heterocycles. The van der Waals surface area contributed by atoms with Crippen molar-refractivity contribution >= 4 is 11.6 Å². The van der Waals surface area contributed by atoms with E-state index in [9.17, 15) is 9.50 Å². The van der Waals surface area contributed by atoms with Crippen molar-refractivity contribution in [3.05, 3.63) is 34.6 Å². The first kappa shape index (κ1) is 10.9. The van der Waals surface area contributed by atoms with E-state index in [4.69, 9.17) is 17.3 Å². The minimum atomic E-state index is -0.328. The maximum atomic E-state index is 13.5. The molecule has 1 aliphatic rings. The lowest BCUT2D eigenvalue weighted by Crippen LogP contribution is -2.21. The van der Waals surface area contributed by atoms with E-state index in [-0.39, 0.29) is 23.8 Å². The van der Waals surface area contributed by atoms with Crippen LogP contribution in [0.5, 0.6) is 0 Å². The topological polar surface area (TPSA) is 46.2 Å². The van der Waals surface area contributed by atoms with Crippen LogP contribution in [0.15, 0.2) is 18.2 Å². The molecule has 15 heavy (non-hydrogen) atoms. The van der Waals surface area contributed by atoms with Gasteiger partial charge < -0.3 is 10.8 Å². The number of aliphatic hydroxyl groups is 1. The summed E-state index contributed by atoms with van der Waals surface area (Å²) in [5.41, 5.74) is 5.82. The molecule has 2 atom stereocenters. The molecular formula is C11H13ClFNO. The van der Waals surface area contributed by atoms with Crippen LogP contribution in [-0.2, 0) is 0 Å². The van der Waals surface area contributed by atoms with Crippen molar-refractivity contribution in [3.8, 4) is 0 Å². The van der Waals surface area contributed by atoms with E-state index in [1.807, 2.05) is 0 Å². The first-order valence-corrected chi connectivity index (χ1v) is 5.26. The van der Waals surface area contributed by atoms with Gasteiger partial charge in [0, 0.05) is 17.0 Å². The summed E-state index contributed by atoms with van der Waals surface area (Å²) >= 11 is 5.81. The monoisotopic (exact) mass is 229 g/mol. The third-order valence-corrected chi connectivity index (χ3v) is 3.48. The summed E-state index contributed by atoms with van der Waals surface area (Å²) in [5, 5.41) is 9.73. The van der Waals surface area contributed by atoms with Crippen molar-refractivity contribution in [2.75, 3.05) is 13.2 Å². The van der Waals surface area contributed by atoms with E-state index >= 15 is 0 Å². The average molecular weight is 230 g/mol. The lowest BCUT2D eigenvalue weighted by molar-refractivity contribution is 0.211. The minimum Gasteiger partial charge on any atom is -0.396 e. The molecule has 0 saturated heterocycles. The maximum Gasteiger partial charge on any atom is 0.126 e. The van der Waals surface area contributed by atoms with Crippen LogP contribution in [0, 0.1) is 11.2 Å². The molecule has 3 N–H and O–H groups in total. The zero-order chi connectivity index (χ0) is 11.1. The summed E-state index contributed by atoms with van der Waals surface area (Å²) in [5.74, 6) is -0.264. The molecule has 0 heterocycles. The van der Waals surface area contributed by atoms with E-state index in [1.54, 1.807) is 6.07 Å². The highest BCUT2D eigenvalue weighted by molar-refractivity contribution is 6.30. The molecular weight excluding hydrogens is 217 g/mol. The van der Waals surface area contributed by atoms with Gasteiger partial charge in [-0.25, -0.2) is 4.39 Å². The number of hydrogen-bond donors (Lipinski definition) is 2. The predicted molar refractivity (Wildman–Crippen MR) is 57.3 cm³/mol. The van der Waals surface area contributed by atoms with Gasteiger partial charge in [-0.3, -0.25) is 0 Å². The van der Waals surface area contributed by atoms with Crippen LogP contribution in [0.4, 0.5) is 4.39 Å². The predicted octanol–water partition coefficient (Wildman–Crippen LogP) is 1.90. The van der Waals surface area contributed by atoms with Crippen LogP contribution in [0.25, 0.3) is 0 Å². The summed E-state index contributed by atoms with van der Waals surface area (Å²) < 4.78 is 13.5. The Morgan fingerprint density at radius 1 is 1.60 bits per heavy atom. The van der Waals surface area contributed by atoms with Gasteiger partial charge in [0.15, 0.2) is 0 Å². The number of benzene rings is 1. The number of halogens is 2. The molecule has 0 spiro atoms. The van der Waals surface area contributed by atoms with Gasteiger partial charge in [0.05, 0.1) is 6.61 Å². The quantitative estimate of drug-likeness (QED) is 0.832. The van der Waals surface area contributed by atoms with E-state index in [0.29, 0.717) is 17.1 Å². The molecule has 0 bridgehead atoms. The zero-order valence-electron chi connectivity index (χ0n) is 8.21. The highest BCUT2D eigenvalue weighted by Gasteiger charge is 2.54. The first-order chi connectivity index (χ1) is 7.13. The highest BCUT2D eigenvalue weighted by Crippen LogP contribution is 2.58. The van der Waals surface area contributed by atoms with Crippen molar-refractivity contribution in [2.45, 2.75) is 12.3 Å². The van der Waals surface area contributed by atoms with Gasteiger partial charge in [-0.05, 0) is 36.1 Å². The fourth-order valence-electron chi connectivity index (χ4n) is 2.03. The van der Waals surface area contributed by atoms with Crippen molar-refractivity contribution in [3.63, 3.8) is 0 Å². The van der Waals surface area contributed by atoms with Crippen molar-refractivity contribution in [1.82, 2.24) is 0 Å². The van der Waals surface area contributed by atoms with Crippen molar-refractivity contribution in [2.24, 2.45) is 11.1 Å². The molecule has 1 aromatic rings.